The van der Waals surface area contributed by atoms with Crippen molar-refractivity contribution in [1.29, 1.82) is 0 Å². The summed E-state index contributed by atoms with van der Waals surface area (Å²) in [6.07, 6.45) is -1.27. The van der Waals surface area contributed by atoms with E-state index < -0.39 is 47.0 Å². The van der Waals surface area contributed by atoms with E-state index in [-0.39, 0.29) is 21.2 Å². The molecule has 1 aliphatic carbocycles. The molecule has 1 spiro atoms. The molecule has 9 heteroatoms. The molecule has 2 aliphatic rings. The van der Waals surface area contributed by atoms with Gasteiger partial charge in [0.2, 0.25) is 23.1 Å². The maximum Gasteiger partial charge on any atom is 0.311 e. The first kappa shape index (κ1) is 23.2. The number of Topliss-reactive ketones (excluding diaryl/α,β-unsaturated/α-hetero) is 2. The molecule has 5 rings (SSSR count). The first-order valence-corrected chi connectivity index (χ1v) is 11.4. The molecule has 0 unspecified atom stereocenters. The molecule has 7 nitrogen and oxygen atoms in total. The Labute approximate surface area is 209 Å². The minimum absolute atomic E-state index is 0.0563. The molecule has 1 saturated heterocycles. The minimum atomic E-state index is -2.40. The van der Waals surface area contributed by atoms with E-state index in [1.165, 1.54) is 30.3 Å². The number of fused-ring (bicyclic) bond motifs is 1. The van der Waals surface area contributed by atoms with Crippen molar-refractivity contribution in [1.82, 2.24) is 0 Å². The third-order valence-corrected chi connectivity index (χ3v) is 7.15. The maximum atomic E-state index is 13.6. The molecule has 1 aliphatic heterocycles. The van der Waals surface area contributed by atoms with Crippen LogP contribution in [0.3, 0.4) is 0 Å². The van der Waals surface area contributed by atoms with Gasteiger partial charge in [-0.3, -0.25) is 19.2 Å². The highest BCUT2D eigenvalue weighted by Gasteiger charge is 2.71. The van der Waals surface area contributed by atoms with Crippen molar-refractivity contribution in [2.75, 3.05) is 5.32 Å². The van der Waals surface area contributed by atoms with E-state index in [0.29, 0.717) is 11.3 Å². The number of nitrogens with one attached hydrogen (secondary N) is 1. The number of aliphatic carboxylic acids is 1. The number of halogens is 2. The molecule has 0 bridgehead atoms. The fourth-order valence-electron chi connectivity index (χ4n) is 4.87. The zero-order valence-corrected chi connectivity index (χ0v) is 19.4. The number of benzene rings is 3. The van der Waals surface area contributed by atoms with Crippen LogP contribution in [0.25, 0.3) is 0 Å². The Kier molecular flexibility index (Phi) is 5.71. The van der Waals surface area contributed by atoms with Crippen LogP contribution in [0.4, 0.5) is 5.69 Å². The molecule has 176 valence electrons. The summed E-state index contributed by atoms with van der Waals surface area (Å²) in [7, 11) is 0. The van der Waals surface area contributed by atoms with Crippen LogP contribution in [-0.4, -0.2) is 34.2 Å². The molecular formula is C26H17Cl2NO6. The molecule has 1 heterocycles. The number of carbonyl (C=O) groups excluding carboxylic acids is 3. The lowest BCUT2D eigenvalue weighted by molar-refractivity contribution is -0.147. The number of carboxylic acids is 1. The number of ether oxygens (including phenoxy) is 1. The lowest BCUT2D eigenvalue weighted by Crippen LogP contribution is -2.52. The molecule has 0 saturated carbocycles. The highest BCUT2D eigenvalue weighted by atomic mass is 35.5. The Hall–Kier alpha value is -3.52. The summed E-state index contributed by atoms with van der Waals surface area (Å²) in [5, 5.41) is 13.4. The van der Waals surface area contributed by atoms with Gasteiger partial charge in [0.15, 0.2) is 0 Å². The van der Waals surface area contributed by atoms with E-state index in [0.717, 1.165) is 0 Å². The molecule has 1 amide bonds. The molecule has 0 aromatic heterocycles. The highest BCUT2D eigenvalue weighted by Crippen LogP contribution is 2.54. The average molecular weight is 510 g/mol. The number of hydrogen-bond acceptors (Lipinski definition) is 5. The van der Waals surface area contributed by atoms with Crippen LogP contribution >= 0.6 is 23.2 Å². The number of rotatable bonds is 4. The van der Waals surface area contributed by atoms with Crippen molar-refractivity contribution in [2.45, 2.75) is 11.7 Å². The van der Waals surface area contributed by atoms with E-state index in [4.69, 9.17) is 27.9 Å². The Bertz CT molecular complexity index is 1350. The van der Waals surface area contributed by atoms with E-state index in [1.807, 2.05) is 0 Å². The summed E-state index contributed by atoms with van der Waals surface area (Å²) in [5.41, 5.74) is -1.55. The third-order valence-electron chi connectivity index (χ3n) is 6.41. The van der Waals surface area contributed by atoms with Gasteiger partial charge < -0.3 is 15.2 Å². The van der Waals surface area contributed by atoms with Crippen LogP contribution in [0.5, 0.6) is 0 Å². The van der Waals surface area contributed by atoms with Crippen LogP contribution in [-0.2, 0) is 14.3 Å². The van der Waals surface area contributed by atoms with Gasteiger partial charge in [-0.2, -0.15) is 0 Å². The molecular weight excluding hydrogens is 493 g/mol. The van der Waals surface area contributed by atoms with Gasteiger partial charge in [0.1, 0.15) is 5.92 Å². The predicted octanol–water partition coefficient (Wildman–Crippen LogP) is 4.84. The highest BCUT2D eigenvalue weighted by molar-refractivity contribution is 6.42. The van der Waals surface area contributed by atoms with Crippen molar-refractivity contribution < 1.29 is 29.0 Å². The zero-order valence-electron chi connectivity index (χ0n) is 17.9. The Morgan fingerprint density at radius 1 is 0.857 bits per heavy atom. The van der Waals surface area contributed by atoms with Crippen LogP contribution in [0.2, 0.25) is 10.0 Å². The number of para-hydroxylation sites is 1. The predicted molar refractivity (Wildman–Crippen MR) is 128 cm³/mol. The Morgan fingerprint density at radius 3 is 2.03 bits per heavy atom. The molecule has 3 aromatic rings. The van der Waals surface area contributed by atoms with E-state index in [1.54, 1.807) is 42.5 Å². The van der Waals surface area contributed by atoms with Crippen LogP contribution in [0.1, 0.15) is 32.4 Å². The smallest absolute Gasteiger partial charge is 0.311 e. The maximum absolute atomic E-state index is 13.6. The molecule has 3 aromatic carbocycles. The summed E-state index contributed by atoms with van der Waals surface area (Å²) in [4.78, 5) is 53.4. The van der Waals surface area contributed by atoms with Crippen molar-refractivity contribution in [3.63, 3.8) is 0 Å². The van der Waals surface area contributed by atoms with Gasteiger partial charge in [0.05, 0.1) is 22.1 Å². The molecule has 2 N–H and O–H groups in total. The normalized spacial score (nSPS) is 22.3. The lowest BCUT2D eigenvalue weighted by atomic mass is 9.75. The van der Waals surface area contributed by atoms with Gasteiger partial charge in [-0.1, -0.05) is 71.7 Å². The van der Waals surface area contributed by atoms with Crippen molar-refractivity contribution in [3.8, 4) is 0 Å². The van der Waals surface area contributed by atoms with Crippen molar-refractivity contribution in [2.24, 2.45) is 11.8 Å². The van der Waals surface area contributed by atoms with Gasteiger partial charge in [0.25, 0.3) is 0 Å². The summed E-state index contributed by atoms with van der Waals surface area (Å²) in [5.74, 6) is -7.02. The van der Waals surface area contributed by atoms with E-state index in [2.05, 4.69) is 5.32 Å². The number of amides is 1. The number of hydrogen-bond donors (Lipinski definition) is 2. The van der Waals surface area contributed by atoms with Crippen molar-refractivity contribution in [3.05, 3.63) is 99.5 Å². The average Bonchev–Trinajstić information content (AvgIpc) is 3.32. The number of carbonyl (C=O) groups is 4. The fourth-order valence-corrected chi connectivity index (χ4v) is 5.18. The summed E-state index contributed by atoms with van der Waals surface area (Å²) < 4.78 is 6.10. The SMILES string of the molecule is O=C(Nc1ccccc1)[C@H]1[C@@H](C(=O)O)C2(O[C@H]1c1ccc(Cl)c(Cl)c1)C(=O)c1ccccc1C2=O. The monoisotopic (exact) mass is 509 g/mol. The number of carboxylic acid groups (broad SMARTS) is 1. The molecule has 0 radical (unpaired) electrons. The van der Waals surface area contributed by atoms with Crippen LogP contribution < -0.4 is 5.32 Å². The standard InChI is InChI=1S/C26H17Cl2NO6/c27-17-11-10-13(12-18(17)28)21-19(24(32)29-14-6-2-1-3-7-14)20(25(33)34)26(35-21)22(30)15-8-4-5-9-16(15)23(26)31/h1-12,19-21H,(H,29,32)(H,33,34)/t19-,20-,21-/m0/s1. The topological polar surface area (TPSA) is 110 Å². The lowest BCUT2D eigenvalue weighted by Gasteiger charge is -2.25. The molecule has 1 fully saturated rings. The van der Waals surface area contributed by atoms with Crippen molar-refractivity contribution >= 4 is 52.3 Å². The second kappa shape index (κ2) is 8.61. The van der Waals surface area contributed by atoms with Gasteiger partial charge in [-0.05, 0) is 29.8 Å². The summed E-state index contributed by atoms with van der Waals surface area (Å²) in [6, 6.07) is 18.9. The van der Waals surface area contributed by atoms with Gasteiger partial charge in [0, 0.05) is 16.8 Å². The first-order valence-electron chi connectivity index (χ1n) is 10.7. The Balaban J connectivity index is 1.67. The summed E-state index contributed by atoms with van der Waals surface area (Å²) >= 11 is 12.2. The van der Waals surface area contributed by atoms with Crippen LogP contribution in [0.15, 0.2) is 72.8 Å². The zero-order chi connectivity index (χ0) is 24.9. The van der Waals surface area contributed by atoms with Gasteiger partial charge in [-0.25, -0.2) is 0 Å². The van der Waals surface area contributed by atoms with E-state index in [9.17, 15) is 24.3 Å². The van der Waals surface area contributed by atoms with Gasteiger partial charge >= 0.3 is 5.97 Å². The largest absolute Gasteiger partial charge is 0.481 e. The molecule has 3 atom stereocenters. The summed E-state index contributed by atoms with van der Waals surface area (Å²) in [6.45, 7) is 0. The van der Waals surface area contributed by atoms with Crippen LogP contribution in [0, 0.1) is 11.8 Å². The quantitative estimate of drug-likeness (QED) is 0.487. The molecule has 35 heavy (non-hydrogen) atoms. The third kappa shape index (κ3) is 3.55. The first-order chi connectivity index (χ1) is 16.8. The fraction of sp³-hybridized carbons (Fsp3) is 0.154. The van der Waals surface area contributed by atoms with E-state index >= 15 is 0 Å². The second-order valence-electron chi connectivity index (χ2n) is 8.35. The minimum Gasteiger partial charge on any atom is -0.481 e. The Morgan fingerprint density at radius 2 is 1.46 bits per heavy atom. The number of ketones is 2. The van der Waals surface area contributed by atoms with Gasteiger partial charge in [-0.15, -0.1) is 0 Å². The second-order valence-corrected chi connectivity index (χ2v) is 9.16. The number of anilines is 1.